The molecule has 122 valence electrons. The fourth-order valence-electron chi connectivity index (χ4n) is 2.64. The molecule has 24 heavy (non-hydrogen) atoms. The Hall–Kier alpha value is -3.09. The monoisotopic (exact) mass is 324 g/mol. The number of rotatable bonds is 6. The normalized spacial score (nSPS) is 13.7. The van der Waals surface area contributed by atoms with E-state index < -0.39 is 0 Å². The van der Waals surface area contributed by atoms with Gasteiger partial charge in [0.25, 0.3) is 0 Å². The van der Waals surface area contributed by atoms with Gasteiger partial charge in [0.15, 0.2) is 0 Å². The lowest BCUT2D eigenvalue weighted by molar-refractivity contribution is -0.105. The molecule has 3 aromatic rings. The van der Waals surface area contributed by atoms with E-state index in [-0.39, 0.29) is 6.10 Å². The number of carbonyl (C=O) groups is 1. The van der Waals surface area contributed by atoms with Crippen molar-refractivity contribution in [3.05, 3.63) is 30.6 Å². The second-order valence-corrected chi connectivity index (χ2v) is 5.57. The van der Waals surface area contributed by atoms with Crippen LogP contribution < -0.4 is 14.8 Å². The second kappa shape index (κ2) is 5.84. The Labute approximate surface area is 138 Å². The maximum absolute atomic E-state index is 10.6. The van der Waals surface area contributed by atoms with Crippen LogP contribution in [0.4, 0.5) is 5.82 Å². The number of hydrogen-bond donors (Lipinski definition) is 2. The van der Waals surface area contributed by atoms with E-state index in [2.05, 4.69) is 20.3 Å². The largest absolute Gasteiger partial charge is 0.490 e. The number of ether oxygens (including phenoxy) is 2. The predicted octanol–water partition coefficient (Wildman–Crippen LogP) is 2.74. The maximum atomic E-state index is 10.6. The van der Waals surface area contributed by atoms with Crippen LogP contribution in [0.1, 0.15) is 12.8 Å². The molecule has 0 unspecified atom stereocenters. The van der Waals surface area contributed by atoms with E-state index in [1.165, 1.54) is 0 Å². The fraction of sp³-hybridized carbons (Fsp3) is 0.235. The quantitative estimate of drug-likeness (QED) is 0.681. The van der Waals surface area contributed by atoms with Gasteiger partial charge < -0.3 is 19.8 Å². The minimum Gasteiger partial charge on any atom is -0.490 e. The second-order valence-electron chi connectivity index (χ2n) is 5.57. The molecule has 0 aromatic carbocycles. The van der Waals surface area contributed by atoms with Crippen LogP contribution in [-0.2, 0) is 4.79 Å². The Morgan fingerprint density at radius 1 is 1.33 bits per heavy atom. The summed E-state index contributed by atoms with van der Waals surface area (Å²) in [7, 11) is 1.59. The van der Waals surface area contributed by atoms with Crippen molar-refractivity contribution in [1.29, 1.82) is 0 Å². The van der Waals surface area contributed by atoms with Gasteiger partial charge in [-0.1, -0.05) is 0 Å². The molecule has 3 aromatic heterocycles. The van der Waals surface area contributed by atoms with Gasteiger partial charge in [0.05, 0.1) is 18.8 Å². The highest BCUT2D eigenvalue weighted by Gasteiger charge is 2.27. The van der Waals surface area contributed by atoms with Gasteiger partial charge in [-0.3, -0.25) is 4.79 Å². The van der Waals surface area contributed by atoms with Crippen LogP contribution in [0.25, 0.3) is 22.2 Å². The number of aromatic amines is 1. The summed E-state index contributed by atoms with van der Waals surface area (Å²) >= 11 is 0. The van der Waals surface area contributed by atoms with Gasteiger partial charge in [-0.15, -0.1) is 0 Å². The Bertz CT molecular complexity index is 902. The zero-order valence-electron chi connectivity index (χ0n) is 13.1. The first kappa shape index (κ1) is 14.5. The number of amides is 1. The van der Waals surface area contributed by atoms with Crippen molar-refractivity contribution in [1.82, 2.24) is 15.0 Å². The molecule has 1 aliphatic carbocycles. The van der Waals surface area contributed by atoms with Crippen molar-refractivity contribution in [2.75, 3.05) is 12.4 Å². The molecule has 1 fully saturated rings. The Morgan fingerprint density at radius 2 is 2.21 bits per heavy atom. The first-order chi connectivity index (χ1) is 11.8. The number of carbonyl (C=O) groups excluding carboxylic acids is 1. The van der Waals surface area contributed by atoms with E-state index in [1.54, 1.807) is 19.4 Å². The van der Waals surface area contributed by atoms with Crippen molar-refractivity contribution >= 4 is 23.3 Å². The van der Waals surface area contributed by atoms with Crippen LogP contribution in [0.5, 0.6) is 11.6 Å². The average molecular weight is 324 g/mol. The van der Waals surface area contributed by atoms with Crippen LogP contribution in [0.15, 0.2) is 30.6 Å². The van der Waals surface area contributed by atoms with Gasteiger partial charge in [-0.25, -0.2) is 9.97 Å². The minimum absolute atomic E-state index is 0.266. The number of anilines is 1. The molecule has 0 bridgehead atoms. The van der Waals surface area contributed by atoms with Crippen LogP contribution in [-0.4, -0.2) is 34.6 Å². The van der Waals surface area contributed by atoms with E-state index in [1.807, 2.05) is 18.3 Å². The summed E-state index contributed by atoms with van der Waals surface area (Å²) in [4.78, 5) is 22.4. The van der Waals surface area contributed by atoms with Gasteiger partial charge >= 0.3 is 0 Å². The lowest BCUT2D eigenvalue weighted by Gasteiger charge is -2.13. The first-order valence-corrected chi connectivity index (χ1v) is 7.68. The van der Waals surface area contributed by atoms with Crippen molar-refractivity contribution in [2.24, 2.45) is 0 Å². The third-order valence-electron chi connectivity index (χ3n) is 3.90. The van der Waals surface area contributed by atoms with E-state index >= 15 is 0 Å². The van der Waals surface area contributed by atoms with Crippen molar-refractivity contribution in [3.63, 3.8) is 0 Å². The topological polar surface area (TPSA) is 89.1 Å². The number of nitrogens with zero attached hydrogens (tertiary/aromatic N) is 2. The standard InChI is InChI=1S/C17H16N4O3/c1-23-17-15(13(6-7-18-17)24-10-2-3-10)12-8-19-16-11(12)4-5-14(21-16)20-9-22/h4-10H,2-3H2,1H3,(H2,19,20,21,22). The van der Waals surface area contributed by atoms with E-state index in [4.69, 9.17) is 9.47 Å². The zero-order valence-corrected chi connectivity index (χ0v) is 13.1. The molecule has 0 radical (unpaired) electrons. The highest BCUT2D eigenvalue weighted by atomic mass is 16.5. The van der Waals surface area contributed by atoms with Gasteiger partial charge in [-0.2, -0.15) is 0 Å². The lowest BCUT2D eigenvalue weighted by atomic mass is 10.1. The van der Waals surface area contributed by atoms with Gasteiger partial charge in [0.2, 0.25) is 12.3 Å². The average Bonchev–Trinajstić information content (AvgIpc) is 3.32. The molecule has 2 N–H and O–H groups in total. The van der Waals surface area contributed by atoms with Gasteiger partial charge in [0.1, 0.15) is 17.2 Å². The first-order valence-electron chi connectivity index (χ1n) is 7.68. The van der Waals surface area contributed by atoms with Crippen LogP contribution in [0.3, 0.4) is 0 Å². The van der Waals surface area contributed by atoms with Crippen LogP contribution in [0.2, 0.25) is 0 Å². The predicted molar refractivity (Wildman–Crippen MR) is 89.2 cm³/mol. The van der Waals surface area contributed by atoms with Crippen molar-refractivity contribution < 1.29 is 14.3 Å². The molecule has 1 saturated carbocycles. The summed E-state index contributed by atoms with van der Waals surface area (Å²) in [6.07, 6.45) is 6.54. The van der Waals surface area contributed by atoms with E-state index in [0.29, 0.717) is 23.8 Å². The van der Waals surface area contributed by atoms with E-state index in [9.17, 15) is 4.79 Å². The van der Waals surface area contributed by atoms with E-state index in [0.717, 1.165) is 35.1 Å². The number of aromatic nitrogens is 3. The molecule has 0 saturated heterocycles. The molecule has 3 heterocycles. The fourth-order valence-corrected chi connectivity index (χ4v) is 2.64. The summed E-state index contributed by atoms with van der Waals surface area (Å²) in [6, 6.07) is 5.50. The highest BCUT2D eigenvalue weighted by Crippen LogP contribution is 2.42. The Morgan fingerprint density at radius 3 is 2.96 bits per heavy atom. The van der Waals surface area contributed by atoms with Gasteiger partial charge in [0, 0.05) is 23.3 Å². The molecule has 0 spiro atoms. The van der Waals surface area contributed by atoms with Gasteiger partial charge in [-0.05, 0) is 31.0 Å². The molecule has 0 atom stereocenters. The highest BCUT2D eigenvalue weighted by molar-refractivity contribution is 5.97. The Kier molecular flexibility index (Phi) is 3.53. The van der Waals surface area contributed by atoms with Crippen molar-refractivity contribution in [2.45, 2.75) is 18.9 Å². The molecular weight excluding hydrogens is 308 g/mol. The molecular formula is C17H16N4O3. The number of methoxy groups -OCH3 is 1. The summed E-state index contributed by atoms with van der Waals surface area (Å²) in [6.45, 7) is 0. The van der Waals surface area contributed by atoms with Crippen LogP contribution in [0, 0.1) is 0 Å². The minimum atomic E-state index is 0.266. The molecule has 1 aliphatic rings. The molecule has 7 nitrogen and oxygen atoms in total. The SMILES string of the molecule is COc1nccc(OC2CC2)c1-c1c[nH]c2nc(NC=O)ccc12. The third kappa shape index (κ3) is 2.54. The lowest BCUT2D eigenvalue weighted by Crippen LogP contribution is -2.00. The Balaban J connectivity index is 1.85. The van der Waals surface area contributed by atoms with Crippen molar-refractivity contribution in [3.8, 4) is 22.8 Å². The molecule has 1 amide bonds. The van der Waals surface area contributed by atoms with Crippen LogP contribution >= 0.6 is 0 Å². The summed E-state index contributed by atoms with van der Waals surface area (Å²) in [5.41, 5.74) is 2.37. The smallest absolute Gasteiger partial charge is 0.224 e. The summed E-state index contributed by atoms with van der Waals surface area (Å²) in [5, 5.41) is 3.44. The number of H-pyrrole nitrogens is 1. The number of hydrogen-bond acceptors (Lipinski definition) is 5. The summed E-state index contributed by atoms with van der Waals surface area (Å²) in [5.74, 6) is 1.74. The third-order valence-corrected chi connectivity index (χ3v) is 3.90. The molecule has 4 rings (SSSR count). The zero-order chi connectivity index (χ0) is 16.5. The summed E-state index contributed by atoms with van der Waals surface area (Å²) < 4.78 is 11.5. The molecule has 0 aliphatic heterocycles. The molecule has 7 heteroatoms. The number of nitrogens with one attached hydrogen (secondary N) is 2. The maximum Gasteiger partial charge on any atom is 0.224 e. The number of fused-ring (bicyclic) bond motifs is 1. The number of pyridine rings is 2.